The van der Waals surface area contributed by atoms with Gasteiger partial charge in [-0.25, -0.2) is 9.97 Å². The van der Waals surface area contributed by atoms with Crippen molar-refractivity contribution in [3.63, 3.8) is 0 Å². The fourth-order valence-corrected chi connectivity index (χ4v) is 3.95. The first kappa shape index (κ1) is 17.1. The van der Waals surface area contributed by atoms with Gasteiger partial charge in [-0.1, -0.05) is 0 Å². The van der Waals surface area contributed by atoms with Gasteiger partial charge in [0.05, 0.1) is 12.3 Å². The highest BCUT2D eigenvalue weighted by atomic mass is 19.1. The smallest absolute Gasteiger partial charge is 0.224 e. The van der Waals surface area contributed by atoms with Crippen molar-refractivity contribution in [2.75, 3.05) is 12.4 Å². The van der Waals surface area contributed by atoms with Crippen LogP contribution >= 0.6 is 0 Å². The molecule has 7 nitrogen and oxygen atoms in total. The number of anilines is 1. The van der Waals surface area contributed by atoms with Crippen LogP contribution in [0.2, 0.25) is 0 Å². The van der Waals surface area contributed by atoms with Gasteiger partial charge in [-0.15, -0.1) is 0 Å². The molecule has 0 spiro atoms. The molecule has 5 rings (SSSR count). The average Bonchev–Trinajstić information content (AvgIpc) is 3.32. The fourth-order valence-electron chi connectivity index (χ4n) is 3.95. The summed E-state index contributed by atoms with van der Waals surface area (Å²) < 4.78 is 20.7. The molecule has 4 aromatic rings. The molecule has 0 aliphatic heterocycles. The van der Waals surface area contributed by atoms with Gasteiger partial charge >= 0.3 is 0 Å². The Kier molecular flexibility index (Phi) is 4.20. The lowest BCUT2D eigenvalue weighted by Crippen LogP contribution is -2.29. The van der Waals surface area contributed by atoms with E-state index in [1.807, 2.05) is 18.5 Å². The molecule has 1 fully saturated rings. The van der Waals surface area contributed by atoms with E-state index < -0.39 is 0 Å². The summed E-state index contributed by atoms with van der Waals surface area (Å²) in [7, 11) is 1.78. The lowest BCUT2D eigenvalue weighted by Gasteiger charge is -2.28. The Morgan fingerprint density at radius 1 is 1.18 bits per heavy atom. The van der Waals surface area contributed by atoms with E-state index in [2.05, 4.69) is 25.3 Å². The normalized spacial score (nSPS) is 20.1. The Bertz CT molecular complexity index is 1130. The molecule has 0 radical (unpaired) electrons. The maximum Gasteiger partial charge on any atom is 0.224 e. The third-order valence-electron chi connectivity index (χ3n) is 5.54. The second-order valence-electron chi connectivity index (χ2n) is 7.24. The Morgan fingerprint density at radius 3 is 2.86 bits per heavy atom. The third kappa shape index (κ3) is 2.99. The minimum absolute atomic E-state index is 0.366. The van der Waals surface area contributed by atoms with Gasteiger partial charge in [-0.2, -0.15) is 9.37 Å². The monoisotopic (exact) mass is 380 g/mol. The van der Waals surface area contributed by atoms with Crippen LogP contribution in [-0.4, -0.2) is 43.6 Å². The summed E-state index contributed by atoms with van der Waals surface area (Å²) in [4.78, 5) is 16.4. The van der Waals surface area contributed by atoms with Gasteiger partial charge in [0.25, 0.3) is 0 Å². The highest BCUT2D eigenvalue weighted by Crippen LogP contribution is 2.29. The van der Waals surface area contributed by atoms with Crippen molar-refractivity contribution in [3.8, 4) is 11.1 Å². The molecule has 0 atom stereocenters. The molecule has 4 aromatic heterocycles. The lowest BCUT2D eigenvalue weighted by molar-refractivity contribution is 0.0681. The van der Waals surface area contributed by atoms with Crippen LogP contribution in [0, 0.1) is 5.95 Å². The number of H-pyrrole nitrogens is 1. The molecule has 28 heavy (non-hydrogen) atoms. The molecule has 0 aromatic carbocycles. The molecule has 8 heteroatoms. The number of pyridine rings is 1. The zero-order valence-electron chi connectivity index (χ0n) is 15.5. The number of aromatic amines is 1. The van der Waals surface area contributed by atoms with Gasteiger partial charge < -0.3 is 15.0 Å². The molecule has 0 saturated heterocycles. The van der Waals surface area contributed by atoms with Crippen molar-refractivity contribution in [3.05, 3.63) is 42.9 Å². The van der Waals surface area contributed by atoms with Crippen LogP contribution in [0.15, 0.2) is 36.9 Å². The number of rotatable bonds is 4. The van der Waals surface area contributed by atoms with Crippen LogP contribution in [0.5, 0.6) is 0 Å². The maximum atomic E-state index is 13.9. The minimum atomic E-state index is -0.386. The topological polar surface area (TPSA) is 80.1 Å². The molecule has 144 valence electrons. The van der Waals surface area contributed by atoms with Crippen molar-refractivity contribution >= 4 is 22.6 Å². The van der Waals surface area contributed by atoms with E-state index in [1.54, 1.807) is 19.4 Å². The predicted octanol–water partition coefficient (Wildman–Crippen LogP) is 3.78. The zero-order chi connectivity index (χ0) is 19.1. The number of nitrogens with one attached hydrogen (secondary N) is 2. The van der Waals surface area contributed by atoms with Crippen molar-refractivity contribution in [2.24, 2.45) is 0 Å². The van der Waals surface area contributed by atoms with Crippen molar-refractivity contribution < 1.29 is 9.13 Å². The van der Waals surface area contributed by atoms with Crippen molar-refractivity contribution in [1.82, 2.24) is 24.3 Å². The zero-order valence-corrected chi connectivity index (χ0v) is 15.5. The molecule has 0 bridgehead atoms. The number of fused-ring (bicyclic) bond motifs is 2. The number of halogens is 1. The van der Waals surface area contributed by atoms with Crippen LogP contribution in [0.4, 0.5) is 10.3 Å². The van der Waals surface area contributed by atoms with E-state index in [4.69, 9.17) is 4.74 Å². The first-order valence-corrected chi connectivity index (χ1v) is 9.47. The summed E-state index contributed by atoms with van der Waals surface area (Å²) in [5, 5.41) is 4.33. The van der Waals surface area contributed by atoms with Gasteiger partial charge in [0.15, 0.2) is 0 Å². The molecule has 0 unspecified atom stereocenters. The molecular formula is C20H21FN6O. The number of methoxy groups -OCH3 is 1. The molecular weight excluding hydrogens is 359 g/mol. The van der Waals surface area contributed by atoms with E-state index in [-0.39, 0.29) is 5.95 Å². The van der Waals surface area contributed by atoms with Crippen LogP contribution in [0.1, 0.15) is 25.7 Å². The number of imidazole rings is 1. The highest BCUT2D eigenvalue weighted by Gasteiger charge is 2.21. The third-order valence-corrected chi connectivity index (χ3v) is 5.54. The van der Waals surface area contributed by atoms with Gasteiger partial charge in [0, 0.05) is 48.3 Å². The van der Waals surface area contributed by atoms with Crippen LogP contribution < -0.4 is 5.32 Å². The van der Waals surface area contributed by atoms with Gasteiger partial charge in [-0.05, 0) is 37.8 Å². The molecule has 1 aliphatic rings. The number of hydrogen-bond donors (Lipinski definition) is 2. The van der Waals surface area contributed by atoms with Gasteiger partial charge in [-0.3, -0.25) is 4.40 Å². The molecule has 1 aliphatic carbocycles. The highest BCUT2D eigenvalue weighted by molar-refractivity contribution is 5.93. The maximum absolute atomic E-state index is 13.9. The predicted molar refractivity (Wildman–Crippen MR) is 105 cm³/mol. The Hall–Kier alpha value is -3.00. The van der Waals surface area contributed by atoms with E-state index in [0.717, 1.165) is 47.8 Å². The molecule has 2 N–H and O–H groups in total. The summed E-state index contributed by atoms with van der Waals surface area (Å²) >= 11 is 0. The molecule has 1 saturated carbocycles. The first-order valence-electron chi connectivity index (χ1n) is 9.47. The summed E-state index contributed by atoms with van der Waals surface area (Å²) in [5.41, 5.74) is 3.13. The minimum Gasteiger partial charge on any atom is -0.381 e. The number of nitrogens with zero attached hydrogens (tertiary/aromatic N) is 4. The standard InChI is InChI=1S/C20H21FN6O/c1-28-14-5-3-13(4-6-14)25-20-24-9-16-15(8-23-19(16)26-20)12-2-7-18-22-10-17(21)27(18)11-12/h2,7-11,13-14H,3-6H2,1H3,(H2,23,24,25,26)/t13-,14+. The van der Waals surface area contributed by atoms with Gasteiger partial charge in [0.1, 0.15) is 11.3 Å². The number of hydrogen-bond acceptors (Lipinski definition) is 5. The summed E-state index contributed by atoms with van der Waals surface area (Å²) in [5.74, 6) is 0.237. The summed E-state index contributed by atoms with van der Waals surface area (Å²) in [6, 6.07) is 4.08. The second-order valence-corrected chi connectivity index (χ2v) is 7.24. The van der Waals surface area contributed by atoms with Crippen molar-refractivity contribution in [1.29, 1.82) is 0 Å². The fraction of sp³-hybridized carbons (Fsp3) is 0.350. The second kappa shape index (κ2) is 6.87. The Balaban J connectivity index is 1.41. The quantitative estimate of drug-likeness (QED) is 0.563. The van der Waals surface area contributed by atoms with Crippen molar-refractivity contribution in [2.45, 2.75) is 37.8 Å². The Labute approximate surface area is 161 Å². The van der Waals surface area contributed by atoms with E-state index in [0.29, 0.717) is 23.7 Å². The Morgan fingerprint density at radius 2 is 2.04 bits per heavy atom. The molecule has 0 amide bonds. The summed E-state index contributed by atoms with van der Waals surface area (Å²) in [6.07, 6.45) is 11.2. The van der Waals surface area contributed by atoms with Gasteiger partial charge in [0.2, 0.25) is 11.9 Å². The largest absolute Gasteiger partial charge is 0.381 e. The number of aromatic nitrogens is 5. The van der Waals surface area contributed by atoms with Crippen LogP contribution in [-0.2, 0) is 4.74 Å². The van der Waals surface area contributed by atoms with E-state index in [9.17, 15) is 4.39 Å². The SMILES string of the molecule is CO[C@H]1CC[C@@H](Nc2ncc3c(-c4ccc5ncc(F)n5c4)c[nH]c3n2)CC1. The number of ether oxygens (including phenoxy) is 1. The lowest BCUT2D eigenvalue weighted by atomic mass is 9.93. The van der Waals surface area contributed by atoms with E-state index >= 15 is 0 Å². The first-order chi connectivity index (χ1) is 13.7. The van der Waals surface area contributed by atoms with Crippen LogP contribution in [0.25, 0.3) is 27.8 Å². The molecule has 4 heterocycles. The summed E-state index contributed by atoms with van der Waals surface area (Å²) in [6.45, 7) is 0. The average molecular weight is 380 g/mol. The van der Waals surface area contributed by atoms with Crippen LogP contribution in [0.3, 0.4) is 0 Å². The van der Waals surface area contributed by atoms with E-state index in [1.165, 1.54) is 10.6 Å².